The molecular formula is C19H17NO2S. The SMILES string of the molecule is CSc1cccc(-n2c(=O)c3c(c4ccccc42)OC(C)C3)c1. The van der Waals surface area contributed by atoms with Gasteiger partial charge in [0.25, 0.3) is 5.56 Å². The highest BCUT2D eigenvalue weighted by Gasteiger charge is 2.27. The van der Waals surface area contributed by atoms with Gasteiger partial charge in [-0.3, -0.25) is 9.36 Å². The fraction of sp³-hybridized carbons (Fsp3) is 0.211. The number of fused-ring (bicyclic) bond motifs is 3. The van der Waals surface area contributed by atoms with Gasteiger partial charge in [-0.15, -0.1) is 11.8 Å². The molecule has 3 aromatic rings. The van der Waals surface area contributed by atoms with Crippen LogP contribution in [0.3, 0.4) is 0 Å². The Kier molecular flexibility index (Phi) is 3.42. The van der Waals surface area contributed by atoms with Gasteiger partial charge < -0.3 is 4.74 Å². The van der Waals surface area contributed by atoms with Crippen LogP contribution in [0.25, 0.3) is 16.6 Å². The van der Waals surface area contributed by atoms with E-state index in [2.05, 4.69) is 12.1 Å². The number of para-hydroxylation sites is 1. The van der Waals surface area contributed by atoms with Crippen molar-refractivity contribution in [3.63, 3.8) is 0 Å². The molecule has 2 heterocycles. The third-order valence-electron chi connectivity index (χ3n) is 4.25. The lowest BCUT2D eigenvalue weighted by atomic mass is 10.1. The molecule has 0 N–H and O–H groups in total. The van der Waals surface area contributed by atoms with Crippen molar-refractivity contribution in [3.8, 4) is 11.4 Å². The molecule has 1 aliphatic heterocycles. The van der Waals surface area contributed by atoms with E-state index in [4.69, 9.17) is 4.74 Å². The van der Waals surface area contributed by atoms with Crippen molar-refractivity contribution < 1.29 is 4.74 Å². The smallest absolute Gasteiger partial charge is 0.262 e. The van der Waals surface area contributed by atoms with Crippen LogP contribution in [0.15, 0.2) is 58.2 Å². The number of hydrogen-bond acceptors (Lipinski definition) is 3. The van der Waals surface area contributed by atoms with Gasteiger partial charge in [0.05, 0.1) is 16.8 Å². The normalized spacial score (nSPS) is 16.3. The van der Waals surface area contributed by atoms with Gasteiger partial charge in [0.2, 0.25) is 0 Å². The molecule has 0 aliphatic carbocycles. The van der Waals surface area contributed by atoms with E-state index in [0.29, 0.717) is 6.42 Å². The van der Waals surface area contributed by atoms with Crippen molar-refractivity contribution in [3.05, 3.63) is 64.4 Å². The molecule has 1 aromatic heterocycles. The second-order valence-corrected chi connectivity index (χ2v) is 6.68. The summed E-state index contributed by atoms with van der Waals surface area (Å²) in [5.41, 5.74) is 2.61. The molecular weight excluding hydrogens is 306 g/mol. The number of ether oxygens (including phenoxy) is 1. The number of hydrogen-bond donors (Lipinski definition) is 0. The molecule has 2 aromatic carbocycles. The summed E-state index contributed by atoms with van der Waals surface area (Å²) in [5, 5.41) is 1.00. The summed E-state index contributed by atoms with van der Waals surface area (Å²) in [4.78, 5) is 14.2. The van der Waals surface area contributed by atoms with Crippen molar-refractivity contribution in [2.75, 3.05) is 6.26 Å². The van der Waals surface area contributed by atoms with E-state index in [1.165, 1.54) is 0 Å². The van der Waals surface area contributed by atoms with Gasteiger partial charge in [0.1, 0.15) is 11.9 Å². The second-order valence-electron chi connectivity index (χ2n) is 5.80. The maximum Gasteiger partial charge on any atom is 0.262 e. The summed E-state index contributed by atoms with van der Waals surface area (Å²) in [7, 11) is 0. The lowest BCUT2D eigenvalue weighted by molar-refractivity contribution is 0.257. The fourth-order valence-electron chi connectivity index (χ4n) is 3.22. The first kappa shape index (κ1) is 14.4. The maximum atomic E-state index is 13.1. The molecule has 0 saturated carbocycles. The van der Waals surface area contributed by atoms with Crippen molar-refractivity contribution in [1.29, 1.82) is 0 Å². The Morgan fingerprint density at radius 2 is 2.00 bits per heavy atom. The third-order valence-corrected chi connectivity index (χ3v) is 4.97. The zero-order valence-corrected chi connectivity index (χ0v) is 13.9. The molecule has 1 atom stereocenters. The Balaban J connectivity index is 2.09. The summed E-state index contributed by atoms with van der Waals surface area (Å²) in [5.74, 6) is 0.760. The Morgan fingerprint density at radius 1 is 1.17 bits per heavy atom. The number of nitrogens with zero attached hydrogens (tertiary/aromatic N) is 1. The Labute approximate surface area is 138 Å². The maximum absolute atomic E-state index is 13.1. The van der Waals surface area contributed by atoms with Crippen LogP contribution in [0.4, 0.5) is 0 Å². The molecule has 1 unspecified atom stereocenters. The third kappa shape index (κ3) is 2.25. The second kappa shape index (κ2) is 5.46. The summed E-state index contributed by atoms with van der Waals surface area (Å²) in [6, 6.07) is 16.1. The Bertz CT molecular complexity index is 961. The van der Waals surface area contributed by atoms with E-state index < -0.39 is 0 Å². The van der Waals surface area contributed by atoms with Crippen molar-refractivity contribution in [2.45, 2.75) is 24.3 Å². The molecule has 0 spiro atoms. The van der Waals surface area contributed by atoms with E-state index in [9.17, 15) is 4.79 Å². The van der Waals surface area contributed by atoms with Crippen LogP contribution in [0.2, 0.25) is 0 Å². The molecule has 23 heavy (non-hydrogen) atoms. The fourth-order valence-corrected chi connectivity index (χ4v) is 3.67. The summed E-state index contributed by atoms with van der Waals surface area (Å²) >= 11 is 1.67. The highest BCUT2D eigenvalue weighted by molar-refractivity contribution is 7.98. The number of rotatable bonds is 2. The van der Waals surface area contributed by atoms with Gasteiger partial charge in [-0.2, -0.15) is 0 Å². The van der Waals surface area contributed by atoms with Gasteiger partial charge >= 0.3 is 0 Å². The number of benzene rings is 2. The van der Waals surface area contributed by atoms with Crippen molar-refractivity contribution >= 4 is 22.7 Å². The van der Waals surface area contributed by atoms with Gasteiger partial charge in [-0.05, 0) is 43.5 Å². The average molecular weight is 323 g/mol. The van der Waals surface area contributed by atoms with Gasteiger partial charge in [-0.1, -0.05) is 18.2 Å². The lowest BCUT2D eigenvalue weighted by Gasteiger charge is -2.14. The highest BCUT2D eigenvalue weighted by atomic mass is 32.2. The van der Waals surface area contributed by atoms with E-state index >= 15 is 0 Å². The predicted molar refractivity (Wildman–Crippen MR) is 95.1 cm³/mol. The first-order chi connectivity index (χ1) is 11.2. The number of thioether (sulfide) groups is 1. The molecule has 1 aliphatic rings. The van der Waals surface area contributed by atoms with E-state index in [1.54, 1.807) is 11.8 Å². The van der Waals surface area contributed by atoms with Crippen molar-refractivity contribution in [2.24, 2.45) is 0 Å². The lowest BCUT2D eigenvalue weighted by Crippen LogP contribution is -2.22. The molecule has 0 fully saturated rings. The van der Waals surface area contributed by atoms with Crippen molar-refractivity contribution in [1.82, 2.24) is 4.57 Å². The van der Waals surface area contributed by atoms with Crippen LogP contribution in [-0.2, 0) is 6.42 Å². The zero-order chi connectivity index (χ0) is 16.0. The molecule has 116 valence electrons. The minimum absolute atomic E-state index is 0.0290. The highest BCUT2D eigenvalue weighted by Crippen LogP contribution is 2.35. The van der Waals surface area contributed by atoms with Crippen LogP contribution in [-0.4, -0.2) is 16.9 Å². The summed E-state index contributed by atoms with van der Waals surface area (Å²) in [6.45, 7) is 2.01. The first-order valence-electron chi connectivity index (χ1n) is 7.67. The monoisotopic (exact) mass is 323 g/mol. The predicted octanol–water partition coefficient (Wildman–Crippen LogP) is 4.04. The standard InChI is InChI=1S/C19H17NO2S/c1-12-10-16-18(22-12)15-8-3-4-9-17(15)20(19(16)21)13-6-5-7-14(11-13)23-2/h3-9,11-12H,10H2,1-2H3. The van der Waals surface area contributed by atoms with E-state index in [0.717, 1.165) is 32.8 Å². The molecule has 4 rings (SSSR count). The minimum atomic E-state index is 0.0290. The largest absolute Gasteiger partial charge is 0.489 e. The summed E-state index contributed by atoms with van der Waals surface area (Å²) < 4.78 is 7.73. The van der Waals surface area contributed by atoms with E-state index in [-0.39, 0.29) is 11.7 Å². The first-order valence-corrected chi connectivity index (χ1v) is 8.89. The minimum Gasteiger partial charge on any atom is -0.489 e. The molecule has 0 bridgehead atoms. The Hall–Kier alpha value is -2.20. The quantitative estimate of drug-likeness (QED) is 0.667. The zero-order valence-electron chi connectivity index (χ0n) is 13.1. The molecule has 3 nitrogen and oxygen atoms in total. The van der Waals surface area contributed by atoms with Crippen LogP contribution < -0.4 is 10.3 Å². The number of aromatic nitrogens is 1. The molecule has 0 radical (unpaired) electrons. The van der Waals surface area contributed by atoms with Gasteiger partial charge in [0, 0.05) is 16.7 Å². The summed E-state index contributed by atoms with van der Waals surface area (Å²) in [6.07, 6.45) is 2.76. The molecule has 4 heteroatoms. The number of pyridine rings is 1. The van der Waals surface area contributed by atoms with Gasteiger partial charge in [-0.25, -0.2) is 0 Å². The topological polar surface area (TPSA) is 31.2 Å². The molecule has 0 saturated heterocycles. The average Bonchev–Trinajstić information content (AvgIpc) is 2.98. The van der Waals surface area contributed by atoms with Crippen LogP contribution in [0.1, 0.15) is 12.5 Å². The molecule has 0 amide bonds. The van der Waals surface area contributed by atoms with Crippen LogP contribution in [0, 0.1) is 0 Å². The van der Waals surface area contributed by atoms with Crippen LogP contribution >= 0.6 is 11.8 Å². The van der Waals surface area contributed by atoms with Gasteiger partial charge in [0.15, 0.2) is 0 Å². The van der Waals surface area contributed by atoms with Crippen LogP contribution in [0.5, 0.6) is 5.75 Å². The Morgan fingerprint density at radius 3 is 2.83 bits per heavy atom. The van der Waals surface area contributed by atoms with E-state index in [1.807, 2.05) is 54.1 Å².